The monoisotopic (exact) mass is 175 g/mol. The van der Waals surface area contributed by atoms with Crippen LogP contribution in [0.1, 0.15) is 23.2 Å². The molecule has 2 aromatic heterocycles. The lowest BCUT2D eigenvalue weighted by Crippen LogP contribution is -2.03. The van der Waals surface area contributed by atoms with Gasteiger partial charge in [-0.1, -0.05) is 6.07 Å². The molecule has 0 bridgehead atoms. The second-order valence-corrected chi connectivity index (χ2v) is 2.90. The second kappa shape index (κ2) is 2.65. The van der Waals surface area contributed by atoms with Crippen molar-refractivity contribution in [1.82, 2.24) is 14.6 Å². The predicted octanol–water partition coefficient (Wildman–Crippen LogP) is 1.24. The Morgan fingerprint density at radius 3 is 2.92 bits per heavy atom. The molecular weight excluding hydrogens is 166 g/mol. The normalized spacial score (nSPS) is 10.6. The van der Waals surface area contributed by atoms with Gasteiger partial charge in [0.1, 0.15) is 11.5 Å². The van der Waals surface area contributed by atoms with Crippen LogP contribution in [0.2, 0.25) is 0 Å². The molecule has 0 saturated carbocycles. The van der Waals surface area contributed by atoms with E-state index in [2.05, 4.69) is 10.1 Å². The molecule has 2 heterocycles. The Kier molecular flexibility index (Phi) is 1.62. The number of Topliss-reactive ketones (excluding diaryl/α,β-unsaturated/α-hetero) is 1. The van der Waals surface area contributed by atoms with Crippen molar-refractivity contribution in [3.63, 3.8) is 0 Å². The van der Waals surface area contributed by atoms with Crippen LogP contribution in [0.4, 0.5) is 0 Å². The molecule has 66 valence electrons. The quantitative estimate of drug-likeness (QED) is 0.612. The highest BCUT2D eigenvalue weighted by Crippen LogP contribution is 2.05. The molecule has 0 fully saturated rings. The first-order valence-electron chi connectivity index (χ1n) is 4.02. The highest BCUT2D eigenvalue weighted by molar-refractivity contribution is 5.92. The second-order valence-electron chi connectivity index (χ2n) is 2.90. The lowest BCUT2D eigenvalue weighted by molar-refractivity contribution is 0.101. The molecule has 0 amide bonds. The summed E-state index contributed by atoms with van der Waals surface area (Å²) in [7, 11) is 0. The first kappa shape index (κ1) is 7.91. The molecule has 0 N–H and O–H groups in total. The van der Waals surface area contributed by atoms with Gasteiger partial charge in [0.2, 0.25) is 0 Å². The van der Waals surface area contributed by atoms with Crippen LogP contribution in [0.3, 0.4) is 0 Å². The van der Waals surface area contributed by atoms with E-state index in [1.807, 2.05) is 6.07 Å². The molecule has 2 aromatic rings. The third-order valence-electron chi connectivity index (χ3n) is 1.83. The zero-order valence-corrected chi connectivity index (χ0v) is 7.48. The third kappa shape index (κ3) is 1.20. The van der Waals surface area contributed by atoms with Gasteiger partial charge < -0.3 is 0 Å². The molecule has 4 nitrogen and oxygen atoms in total. The molecule has 0 aliphatic carbocycles. The maximum atomic E-state index is 11.2. The molecule has 0 atom stereocenters. The van der Waals surface area contributed by atoms with E-state index in [4.69, 9.17) is 0 Å². The third-order valence-corrected chi connectivity index (χ3v) is 1.83. The van der Waals surface area contributed by atoms with Gasteiger partial charge in [-0.3, -0.25) is 4.79 Å². The number of nitrogens with zero attached hydrogens (tertiary/aromatic N) is 3. The molecule has 0 aromatic carbocycles. The molecule has 0 aliphatic rings. The number of carbonyl (C=O) groups is 1. The minimum atomic E-state index is -0.00417. The van der Waals surface area contributed by atoms with E-state index >= 15 is 0 Å². The summed E-state index contributed by atoms with van der Waals surface area (Å²) >= 11 is 0. The standard InChI is InChI=1S/C9H9N3O/c1-6(13)8-4-3-5-9-10-7(2)11-12(8)9/h3-5H,1-2H3. The van der Waals surface area contributed by atoms with Gasteiger partial charge in [-0.2, -0.15) is 5.10 Å². The number of pyridine rings is 1. The van der Waals surface area contributed by atoms with Gasteiger partial charge in [0, 0.05) is 6.92 Å². The summed E-state index contributed by atoms with van der Waals surface area (Å²) < 4.78 is 1.57. The predicted molar refractivity (Wildman–Crippen MR) is 47.7 cm³/mol. The van der Waals surface area contributed by atoms with Crippen LogP contribution in [0.5, 0.6) is 0 Å². The van der Waals surface area contributed by atoms with Crippen LogP contribution in [0.15, 0.2) is 18.2 Å². The van der Waals surface area contributed by atoms with Gasteiger partial charge in [0.05, 0.1) is 0 Å². The molecular formula is C9H9N3O. The Hall–Kier alpha value is -1.71. The van der Waals surface area contributed by atoms with Crippen molar-refractivity contribution < 1.29 is 4.79 Å². The van der Waals surface area contributed by atoms with Crippen molar-refractivity contribution in [1.29, 1.82) is 0 Å². The molecule has 0 spiro atoms. The number of fused-ring (bicyclic) bond motifs is 1. The van der Waals surface area contributed by atoms with E-state index in [0.717, 1.165) is 0 Å². The van der Waals surface area contributed by atoms with Crippen LogP contribution in [-0.2, 0) is 0 Å². The van der Waals surface area contributed by atoms with Gasteiger partial charge in [0.15, 0.2) is 11.4 Å². The number of hydrogen-bond donors (Lipinski definition) is 0. The van der Waals surface area contributed by atoms with Crippen molar-refractivity contribution in [2.75, 3.05) is 0 Å². The maximum absolute atomic E-state index is 11.2. The Labute approximate surface area is 75.2 Å². The first-order chi connectivity index (χ1) is 6.18. The Morgan fingerprint density at radius 2 is 2.23 bits per heavy atom. The summed E-state index contributed by atoms with van der Waals surface area (Å²) in [6.45, 7) is 3.32. The smallest absolute Gasteiger partial charge is 0.178 e. The van der Waals surface area contributed by atoms with E-state index in [9.17, 15) is 4.79 Å². The van der Waals surface area contributed by atoms with Gasteiger partial charge in [-0.25, -0.2) is 9.50 Å². The molecule has 2 rings (SSSR count). The summed E-state index contributed by atoms with van der Waals surface area (Å²) in [5, 5.41) is 4.12. The van der Waals surface area contributed by atoms with Crippen molar-refractivity contribution in [3.8, 4) is 0 Å². The molecule has 4 heteroatoms. The SMILES string of the molecule is CC(=O)c1cccc2nc(C)nn12. The first-order valence-corrected chi connectivity index (χ1v) is 4.02. The summed E-state index contributed by atoms with van der Waals surface area (Å²) in [5.74, 6) is 0.671. The topological polar surface area (TPSA) is 47.3 Å². The molecule has 13 heavy (non-hydrogen) atoms. The highest BCUT2D eigenvalue weighted by Gasteiger charge is 2.06. The number of ketones is 1. The van der Waals surface area contributed by atoms with Crippen LogP contribution >= 0.6 is 0 Å². The zero-order chi connectivity index (χ0) is 9.42. The molecule has 0 aliphatic heterocycles. The molecule has 0 radical (unpaired) electrons. The Balaban J connectivity index is 2.82. The maximum Gasteiger partial charge on any atom is 0.178 e. The largest absolute Gasteiger partial charge is 0.293 e. The average Bonchev–Trinajstić information content (AvgIpc) is 2.43. The van der Waals surface area contributed by atoms with Crippen LogP contribution < -0.4 is 0 Å². The molecule has 0 saturated heterocycles. The van der Waals surface area contributed by atoms with Gasteiger partial charge >= 0.3 is 0 Å². The number of carbonyl (C=O) groups excluding carboxylic acids is 1. The van der Waals surface area contributed by atoms with E-state index in [1.54, 1.807) is 23.6 Å². The highest BCUT2D eigenvalue weighted by atomic mass is 16.1. The molecule has 0 unspecified atom stereocenters. The average molecular weight is 175 g/mol. The summed E-state index contributed by atoms with van der Waals surface area (Å²) in [6.07, 6.45) is 0. The summed E-state index contributed by atoms with van der Waals surface area (Å²) in [5.41, 5.74) is 1.28. The fourth-order valence-electron chi connectivity index (χ4n) is 1.28. The fourth-order valence-corrected chi connectivity index (χ4v) is 1.28. The van der Waals surface area contributed by atoms with E-state index in [1.165, 1.54) is 6.92 Å². The van der Waals surface area contributed by atoms with Gasteiger partial charge in [0.25, 0.3) is 0 Å². The lowest BCUT2D eigenvalue weighted by atomic mass is 10.3. The number of aromatic nitrogens is 3. The van der Waals surface area contributed by atoms with Crippen LogP contribution in [0, 0.1) is 6.92 Å². The van der Waals surface area contributed by atoms with Crippen molar-refractivity contribution in [2.24, 2.45) is 0 Å². The summed E-state index contributed by atoms with van der Waals surface area (Å²) in [4.78, 5) is 15.3. The summed E-state index contributed by atoms with van der Waals surface area (Å²) in [6, 6.07) is 5.37. The fraction of sp³-hybridized carbons (Fsp3) is 0.222. The van der Waals surface area contributed by atoms with Crippen LogP contribution in [0.25, 0.3) is 5.65 Å². The van der Waals surface area contributed by atoms with E-state index in [0.29, 0.717) is 17.2 Å². The van der Waals surface area contributed by atoms with Gasteiger partial charge in [-0.15, -0.1) is 0 Å². The Morgan fingerprint density at radius 1 is 1.46 bits per heavy atom. The van der Waals surface area contributed by atoms with E-state index in [-0.39, 0.29) is 5.78 Å². The van der Waals surface area contributed by atoms with Gasteiger partial charge in [-0.05, 0) is 19.1 Å². The zero-order valence-electron chi connectivity index (χ0n) is 7.48. The number of aryl methyl sites for hydroxylation is 1. The number of rotatable bonds is 1. The van der Waals surface area contributed by atoms with Crippen LogP contribution in [-0.4, -0.2) is 20.4 Å². The van der Waals surface area contributed by atoms with Crippen molar-refractivity contribution in [2.45, 2.75) is 13.8 Å². The lowest BCUT2D eigenvalue weighted by Gasteiger charge is -1.97. The van der Waals surface area contributed by atoms with E-state index < -0.39 is 0 Å². The van der Waals surface area contributed by atoms with Crippen molar-refractivity contribution >= 4 is 11.4 Å². The van der Waals surface area contributed by atoms with Crippen molar-refractivity contribution in [3.05, 3.63) is 29.7 Å². The minimum Gasteiger partial charge on any atom is -0.293 e. The Bertz CT molecular complexity index is 473. The number of hydrogen-bond acceptors (Lipinski definition) is 3. The minimum absolute atomic E-state index is 0.00417.